The summed E-state index contributed by atoms with van der Waals surface area (Å²) in [5.41, 5.74) is 0.0371. The molecule has 1 amide bonds. The van der Waals surface area contributed by atoms with E-state index in [2.05, 4.69) is 5.32 Å². The monoisotopic (exact) mass is 324 g/mol. The van der Waals surface area contributed by atoms with E-state index in [9.17, 15) is 14.9 Å². The van der Waals surface area contributed by atoms with Crippen molar-refractivity contribution in [1.29, 1.82) is 0 Å². The van der Waals surface area contributed by atoms with Gasteiger partial charge in [0.15, 0.2) is 0 Å². The van der Waals surface area contributed by atoms with Crippen molar-refractivity contribution in [2.45, 2.75) is 44.9 Å². The Kier molecular flexibility index (Phi) is 6.19. The van der Waals surface area contributed by atoms with Gasteiger partial charge in [-0.15, -0.1) is 0 Å². The lowest BCUT2D eigenvalue weighted by Crippen LogP contribution is -2.26. The fraction of sp³-hybridized carbons (Fsp3) is 0.562. The van der Waals surface area contributed by atoms with Crippen LogP contribution >= 0.6 is 11.6 Å². The van der Waals surface area contributed by atoms with E-state index in [0.717, 1.165) is 6.42 Å². The van der Waals surface area contributed by atoms with Crippen LogP contribution in [0.15, 0.2) is 18.2 Å². The predicted octanol–water partition coefficient (Wildman–Crippen LogP) is 4.34. The van der Waals surface area contributed by atoms with Gasteiger partial charge in [0.1, 0.15) is 5.02 Å². The molecule has 1 aromatic carbocycles. The Morgan fingerprint density at radius 3 is 2.59 bits per heavy atom. The number of carbonyl (C=O) groups is 1. The Labute approximate surface area is 135 Å². The van der Waals surface area contributed by atoms with E-state index in [1.807, 2.05) is 0 Å². The van der Waals surface area contributed by atoms with Crippen molar-refractivity contribution in [2.75, 3.05) is 6.54 Å². The van der Waals surface area contributed by atoms with Crippen LogP contribution in [0.1, 0.15) is 55.3 Å². The van der Waals surface area contributed by atoms with Crippen molar-refractivity contribution < 1.29 is 9.72 Å². The molecule has 0 heterocycles. The molecule has 0 atom stereocenters. The molecule has 22 heavy (non-hydrogen) atoms. The maximum Gasteiger partial charge on any atom is 0.288 e. The number of nitrogens with one attached hydrogen (secondary N) is 1. The molecular formula is C16H21ClN2O3. The average molecular weight is 325 g/mol. The summed E-state index contributed by atoms with van der Waals surface area (Å²) in [7, 11) is 0. The Morgan fingerprint density at radius 2 is 1.95 bits per heavy atom. The molecule has 0 radical (unpaired) electrons. The van der Waals surface area contributed by atoms with Gasteiger partial charge in [-0.2, -0.15) is 0 Å². The van der Waals surface area contributed by atoms with Crippen LogP contribution in [0.3, 0.4) is 0 Å². The summed E-state index contributed by atoms with van der Waals surface area (Å²) >= 11 is 5.74. The zero-order valence-electron chi connectivity index (χ0n) is 12.5. The summed E-state index contributed by atoms with van der Waals surface area (Å²) in [6.45, 7) is 0.611. The number of rotatable bonds is 5. The molecule has 6 heteroatoms. The van der Waals surface area contributed by atoms with Gasteiger partial charge >= 0.3 is 0 Å². The van der Waals surface area contributed by atoms with E-state index >= 15 is 0 Å². The lowest BCUT2D eigenvalue weighted by Gasteiger charge is -2.14. The topological polar surface area (TPSA) is 72.2 Å². The van der Waals surface area contributed by atoms with Gasteiger partial charge in [0.05, 0.1) is 4.92 Å². The van der Waals surface area contributed by atoms with Crippen molar-refractivity contribution in [1.82, 2.24) is 5.32 Å². The van der Waals surface area contributed by atoms with Crippen LogP contribution in [0.4, 0.5) is 5.69 Å². The van der Waals surface area contributed by atoms with Gasteiger partial charge in [-0.05, 0) is 24.5 Å². The minimum atomic E-state index is -0.579. The number of halogens is 1. The van der Waals surface area contributed by atoms with Gasteiger partial charge in [-0.25, -0.2) is 0 Å². The molecule has 120 valence electrons. The third-order valence-corrected chi connectivity index (χ3v) is 4.54. The molecular weight excluding hydrogens is 304 g/mol. The first-order valence-electron chi connectivity index (χ1n) is 7.80. The molecule has 1 aromatic rings. The smallest absolute Gasteiger partial charge is 0.288 e. The number of nitro groups is 1. The first-order valence-corrected chi connectivity index (χ1v) is 8.18. The quantitative estimate of drug-likeness (QED) is 0.497. The lowest BCUT2D eigenvalue weighted by molar-refractivity contribution is -0.384. The molecule has 0 spiro atoms. The van der Waals surface area contributed by atoms with E-state index in [-0.39, 0.29) is 22.2 Å². The number of nitrogens with zero attached hydrogens (tertiary/aromatic N) is 1. The normalized spacial score (nSPS) is 16.0. The summed E-state index contributed by atoms with van der Waals surface area (Å²) in [5.74, 6) is 0.399. The molecule has 2 rings (SSSR count). The summed E-state index contributed by atoms with van der Waals surface area (Å²) in [4.78, 5) is 22.3. The fourth-order valence-electron chi connectivity index (χ4n) is 2.94. The molecule has 1 aliphatic rings. The molecule has 1 saturated carbocycles. The summed E-state index contributed by atoms with van der Waals surface area (Å²) in [6, 6.07) is 4.12. The maximum atomic E-state index is 12.1. The van der Waals surface area contributed by atoms with E-state index in [1.54, 1.807) is 0 Å². The Morgan fingerprint density at radius 1 is 1.27 bits per heavy atom. The molecule has 1 aliphatic carbocycles. The zero-order valence-corrected chi connectivity index (χ0v) is 13.3. The molecule has 1 N–H and O–H groups in total. The molecule has 0 saturated heterocycles. The first kappa shape index (κ1) is 16.7. The van der Waals surface area contributed by atoms with E-state index in [0.29, 0.717) is 12.5 Å². The minimum absolute atomic E-state index is 0.0417. The number of nitro benzene ring substituents is 1. The average Bonchev–Trinajstić information content (AvgIpc) is 2.76. The molecule has 0 aliphatic heterocycles. The van der Waals surface area contributed by atoms with Crippen LogP contribution < -0.4 is 5.32 Å². The highest BCUT2D eigenvalue weighted by Crippen LogP contribution is 2.26. The van der Waals surface area contributed by atoms with Gasteiger partial charge in [0.25, 0.3) is 11.6 Å². The molecule has 0 aromatic heterocycles. The highest BCUT2D eigenvalue weighted by molar-refractivity contribution is 6.32. The van der Waals surface area contributed by atoms with Crippen LogP contribution in [0.5, 0.6) is 0 Å². The van der Waals surface area contributed by atoms with Crippen LogP contribution in [0.2, 0.25) is 5.02 Å². The standard InChI is InChI=1S/C16H21ClN2O3/c17-14-8-7-13(11-15(14)19(21)22)16(20)18-10-9-12-5-3-1-2-4-6-12/h7-8,11-12H,1-6,9-10H2,(H,18,20). The van der Waals surface area contributed by atoms with E-state index in [1.165, 1.54) is 56.7 Å². The fourth-order valence-corrected chi connectivity index (χ4v) is 3.12. The molecule has 0 unspecified atom stereocenters. The van der Waals surface area contributed by atoms with Gasteiger partial charge < -0.3 is 5.32 Å². The SMILES string of the molecule is O=C(NCCC1CCCCCC1)c1ccc(Cl)c([N+](=O)[O-])c1. The van der Waals surface area contributed by atoms with Gasteiger partial charge in [-0.3, -0.25) is 14.9 Å². The number of benzene rings is 1. The highest BCUT2D eigenvalue weighted by Gasteiger charge is 2.17. The third-order valence-electron chi connectivity index (χ3n) is 4.22. The Bertz CT molecular complexity index is 540. The van der Waals surface area contributed by atoms with Crippen LogP contribution in [-0.4, -0.2) is 17.4 Å². The van der Waals surface area contributed by atoms with Crippen molar-refractivity contribution in [2.24, 2.45) is 5.92 Å². The van der Waals surface area contributed by atoms with Gasteiger partial charge in [0, 0.05) is 18.2 Å². The number of hydrogen-bond acceptors (Lipinski definition) is 3. The number of amides is 1. The molecule has 0 bridgehead atoms. The van der Waals surface area contributed by atoms with Crippen molar-refractivity contribution >= 4 is 23.2 Å². The van der Waals surface area contributed by atoms with Gasteiger partial charge in [-0.1, -0.05) is 50.1 Å². The number of carbonyl (C=O) groups excluding carboxylic acids is 1. The van der Waals surface area contributed by atoms with Crippen molar-refractivity contribution in [3.63, 3.8) is 0 Å². The van der Waals surface area contributed by atoms with Crippen molar-refractivity contribution in [3.8, 4) is 0 Å². The predicted molar refractivity (Wildman–Crippen MR) is 86.2 cm³/mol. The minimum Gasteiger partial charge on any atom is -0.352 e. The molecule has 1 fully saturated rings. The van der Waals surface area contributed by atoms with Crippen LogP contribution in [0, 0.1) is 16.0 Å². The van der Waals surface area contributed by atoms with Crippen LogP contribution in [-0.2, 0) is 0 Å². The lowest BCUT2D eigenvalue weighted by atomic mass is 9.97. The van der Waals surface area contributed by atoms with E-state index < -0.39 is 4.92 Å². The second kappa shape index (κ2) is 8.13. The second-order valence-corrected chi connectivity index (χ2v) is 6.23. The number of hydrogen-bond donors (Lipinski definition) is 1. The highest BCUT2D eigenvalue weighted by atomic mass is 35.5. The first-order chi connectivity index (χ1) is 10.6. The maximum absolute atomic E-state index is 12.1. The van der Waals surface area contributed by atoms with Crippen LogP contribution in [0.25, 0.3) is 0 Å². The summed E-state index contributed by atoms with van der Waals surface area (Å²) in [5, 5.41) is 13.7. The van der Waals surface area contributed by atoms with Crippen molar-refractivity contribution in [3.05, 3.63) is 38.9 Å². The third kappa shape index (κ3) is 4.70. The second-order valence-electron chi connectivity index (χ2n) is 5.83. The largest absolute Gasteiger partial charge is 0.352 e. The Hall–Kier alpha value is -1.62. The Balaban J connectivity index is 1.86. The zero-order chi connectivity index (χ0) is 15.9. The van der Waals surface area contributed by atoms with Gasteiger partial charge in [0.2, 0.25) is 0 Å². The van der Waals surface area contributed by atoms with E-state index in [4.69, 9.17) is 11.6 Å². The summed E-state index contributed by atoms with van der Waals surface area (Å²) in [6.07, 6.45) is 8.64. The molecule has 5 nitrogen and oxygen atoms in total. The summed E-state index contributed by atoms with van der Waals surface area (Å²) < 4.78 is 0.